The molecule has 0 bridgehead atoms. The van der Waals surface area contributed by atoms with Crippen LogP contribution in [0.15, 0.2) is 51.4 Å². The van der Waals surface area contributed by atoms with Crippen LogP contribution in [0.5, 0.6) is 0 Å². The molecule has 21 heavy (non-hydrogen) atoms. The first-order chi connectivity index (χ1) is 9.97. The lowest BCUT2D eigenvalue weighted by molar-refractivity contribution is 0.0950. The second-order valence-electron chi connectivity index (χ2n) is 4.37. The molecule has 0 spiro atoms. The molecular weight excluding hydrogens is 416 g/mol. The third-order valence-corrected chi connectivity index (χ3v) is 4.26. The number of rotatable bonds is 4. The smallest absolute Gasteiger partial charge is 0.252 e. The van der Waals surface area contributed by atoms with Gasteiger partial charge in [-0.3, -0.25) is 4.79 Å². The van der Waals surface area contributed by atoms with E-state index in [0.717, 1.165) is 20.1 Å². The lowest BCUT2D eigenvalue weighted by atomic mass is 10.1. The van der Waals surface area contributed by atoms with Gasteiger partial charge in [0.05, 0.1) is 5.56 Å². The van der Waals surface area contributed by atoms with Gasteiger partial charge in [0, 0.05) is 21.1 Å². The monoisotopic (exact) mass is 426 g/mol. The highest BCUT2D eigenvalue weighted by Crippen LogP contribution is 2.21. The quantitative estimate of drug-likeness (QED) is 0.730. The lowest BCUT2D eigenvalue weighted by Crippen LogP contribution is -2.23. The van der Waals surface area contributed by atoms with Crippen molar-refractivity contribution >= 4 is 55.0 Å². The highest BCUT2D eigenvalue weighted by Gasteiger charge is 2.10. The number of hydrogen-bond donors (Lipinski definition) is 2. The molecular formula is C15H12Br2N2OS. The van der Waals surface area contributed by atoms with Crippen molar-refractivity contribution in [1.29, 1.82) is 0 Å². The van der Waals surface area contributed by atoms with Crippen molar-refractivity contribution < 1.29 is 4.79 Å². The van der Waals surface area contributed by atoms with Crippen LogP contribution in [0.1, 0.15) is 21.5 Å². The number of thiocarbonyl (C=S) groups is 1. The Kier molecular flexibility index (Phi) is 5.50. The third kappa shape index (κ3) is 4.36. The summed E-state index contributed by atoms with van der Waals surface area (Å²) in [6.07, 6.45) is 0. The molecule has 1 amide bonds. The first kappa shape index (κ1) is 16.1. The Hall–Kier alpha value is -1.24. The van der Waals surface area contributed by atoms with Gasteiger partial charge in [-0.15, -0.1) is 0 Å². The molecule has 0 aliphatic rings. The van der Waals surface area contributed by atoms with E-state index in [1.807, 2.05) is 36.4 Å². The minimum Gasteiger partial charge on any atom is -0.389 e. The van der Waals surface area contributed by atoms with Crippen LogP contribution in [0.4, 0.5) is 0 Å². The summed E-state index contributed by atoms with van der Waals surface area (Å²) in [5, 5.41) is 2.88. The summed E-state index contributed by atoms with van der Waals surface area (Å²) in [4.78, 5) is 12.5. The molecule has 3 nitrogen and oxygen atoms in total. The first-order valence-electron chi connectivity index (χ1n) is 6.09. The Morgan fingerprint density at radius 3 is 2.67 bits per heavy atom. The van der Waals surface area contributed by atoms with E-state index >= 15 is 0 Å². The summed E-state index contributed by atoms with van der Waals surface area (Å²) in [6, 6.07) is 13.0. The molecule has 0 fully saturated rings. The van der Waals surface area contributed by atoms with Gasteiger partial charge in [-0.05, 0) is 45.8 Å². The molecule has 0 saturated carbocycles. The second-order valence-corrected chi connectivity index (χ2v) is 6.58. The molecule has 0 saturated heterocycles. The summed E-state index contributed by atoms with van der Waals surface area (Å²) in [5.41, 5.74) is 7.91. The minimum atomic E-state index is -0.149. The number of amides is 1. The molecule has 0 heterocycles. The summed E-state index contributed by atoms with van der Waals surface area (Å²) in [7, 11) is 0. The van der Waals surface area contributed by atoms with E-state index in [4.69, 9.17) is 18.0 Å². The summed E-state index contributed by atoms with van der Waals surface area (Å²) in [5.74, 6) is -0.149. The van der Waals surface area contributed by atoms with Gasteiger partial charge in [0.25, 0.3) is 5.91 Å². The number of carbonyl (C=O) groups is 1. The highest BCUT2D eigenvalue weighted by atomic mass is 79.9. The van der Waals surface area contributed by atoms with Crippen LogP contribution >= 0.6 is 44.1 Å². The lowest BCUT2D eigenvalue weighted by Gasteiger charge is -2.08. The number of nitrogens with two attached hydrogens (primary N) is 1. The fraction of sp³-hybridized carbons (Fsp3) is 0.0667. The van der Waals surface area contributed by atoms with E-state index in [-0.39, 0.29) is 5.91 Å². The van der Waals surface area contributed by atoms with Gasteiger partial charge in [0.1, 0.15) is 4.99 Å². The Labute approximate surface area is 145 Å². The van der Waals surface area contributed by atoms with Crippen molar-refractivity contribution in [3.05, 3.63) is 68.1 Å². The van der Waals surface area contributed by atoms with Gasteiger partial charge in [-0.1, -0.05) is 46.3 Å². The molecule has 0 aliphatic heterocycles. The molecule has 6 heteroatoms. The normalized spacial score (nSPS) is 10.2. The van der Waals surface area contributed by atoms with Crippen molar-refractivity contribution in [2.75, 3.05) is 0 Å². The topological polar surface area (TPSA) is 55.1 Å². The van der Waals surface area contributed by atoms with Crippen LogP contribution in [0.2, 0.25) is 0 Å². The first-order valence-corrected chi connectivity index (χ1v) is 8.09. The van der Waals surface area contributed by atoms with Gasteiger partial charge >= 0.3 is 0 Å². The minimum absolute atomic E-state index is 0.149. The predicted octanol–water partition coefficient (Wildman–Crippen LogP) is 3.78. The fourth-order valence-electron chi connectivity index (χ4n) is 1.78. The van der Waals surface area contributed by atoms with Crippen molar-refractivity contribution in [2.24, 2.45) is 5.73 Å². The average molecular weight is 428 g/mol. The van der Waals surface area contributed by atoms with Gasteiger partial charge < -0.3 is 11.1 Å². The van der Waals surface area contributed by atoms with Gasteiger partial charge in [-0.25, -0.2) is 0 Å². The number of carbonyl (C=O) groups excluding carboxylic acids is 1. The van der Waals surface area contributed by atoms with Gasteiger partial charge in [-0.2, -0.15) is 0 Å². The van der Waals surface area contributed by atoms with E-state index in [9.17, 15) is 4.79 Å². The van der Waals surface area contributed by atoms with Crippen molar-refractivity contribution in [2.45, 2.75) is 6.54 Å². The standard InChI is InChI=1S/C15H12Br2N2OS/c16-11-4-5-13(17)12(7-11)15(20)19-8-9-2-1-3-10(6-9)14(18)21/h1-7H,8H2,(H2,18,21)(H,19,20). The molecule has 0 unspecified atom stereocenters. The Bertz CT molecular complexity index is 704. The maximum atomic E-state index is 12.2. The maximum absolute atomic E-state index is 12.2. The zero-order chi connectivity index (χ0) is 15.4. The zero-order valence-electron chi connectivity index (χ0n) is 10.9. The molecule has 0 aromatic heterocycles. The van der Waals surface area contributed by atoms with E-state index in [1.54, 1.807) is 6.07 Å². The van der Waals surface area contributed by atoms with Crippen LogP contribution in [0, 0.1) is 0 Å². The molecule has 0 atom stereocenters. The number of nitrogens with one attached hydrogen (secondary N) is 1. The van der Waals surface area contributed by atoms with Gasteiger partial charge in [0.2, 0.25) is 0 Å². The molecule has 0 aliphatic carbocycles. The van der Waals surface area contributed by atoms with Gasteiger partial charge in [0.15, 0.2) is 0 Å². The van der Waals surface area contributed by atoms with Crippen LogP contribution < -0.4 is 11.1 Å². The van der Waals surface area contributed by atoms with E-state index in [1.165, 1.54) is 0 Å². The molecule has 0 radical (unpaired) electrons. The molecule has 3 N–H and O–H groups in total. The Morgan fingerprint density at radius 2 is 1.95 bits per heavy atom. The van der Waals surface area contributed by atoms with Crippen molar-refractivity contribution in [1.82, 2.24) is 5.32 Å². The van der Waals surface area contributed by atoms with E-state index in [0.29, 0.717) is 17.1 Å². The van der Waals surface area contributed by atoms with E-state index in [2.05, 4.69) is 37.2 Å². The van der Waals surface area contributed by atoms with Crippen LogP contribution in [-0.4, -0.2) is 10.9 Å². The molecule has 2 aromatic rings. The maximum Gasteiger partial charge on any atom is 0.252 e. The summed E-state index contributed by atoms with van der Waals surface area (Å²) >= 11 is 11.7. The number of benzene rings is 2. The number of halogens is 2. The zero-order valence-corrected chi connectivity index (χ0v) is 14.9. The molecule has 108 valence electrons. The molecule has 2 rings (SSSR count). The summed E-state index contributed by atoms with van der Waals surface area (Å²) < 4.78 is 1.60. The van der Waals surface area contributed by atoms with Crippen LogP contribution in [0.3, 0.4) is 0 Å². The van der Waals surface area contributed by atoms with Crippen LogP contribution in [0.25, 0.3) is 0 Å². The largest absolute Gasteiger partial charge is 0.389 e. The van der Waals surface area contributed by atoms with Crippen LogP contribution in [-0.2, 0) is 6.54 Å². The average Bonchev–Trinajstić information content (AvgIpc) is 2.47. The Balaban J connectivity index is 2.09. The predicted molar refractivity (Wildman–Crippen MR) is 95.3 cm³/mol. The number of hydrogen-bond acceptors (Lipinski definition) is 2. The molecule has 2 aromatic carbocycles. The Morgan fingerprint density at radius 1 is 1.19 bits per heavy atom. The fourth-order valence-corrected chi connectivity index (χ4v) is 2.70. The highest BCUT2D eigenvalue weighted by molar-refractivity contribution is 9.11. The van der Waals surface area contributed by atoms with E-state index < -0.39 is 0 Å². The van der Waals surface area contributed by atoms with Crippen molar-refractivity contribution in [3.8, 4) is 0 Å². The van der Waals surface area contributed by atoms with Crippen molar-refractivity contribution in [3.63, 3.8) is 0 Å². The third-order valence-electron chi connectivity index (χ3n) is 2.84. The SMILES string of the molecule is NC(=S)c1cccc(CNC(=O)c2cc(Br)ccc2Br)c1. The second kappa shape index (κ2) is 7.15. The summed E-state index contributed by atoms with van der Waals surface area (Å²) in [6.45, 7) is 0.411.